The number of hydrogen-bond donors (Lipinski definition) is 1. The van der Waals surface area contributed by atoms with E-state index in [0.29, 0.717) is 18.7 Å². The Kier molecular flexibility index (Phi) is 5.26. The number of aryl methyl sites for hydroxylation is 1. The molecule has 0 fully saturated rings. The van der Waals surface area contributed by atoms with Crippen LogP contribution in [0.1, 0.15) is 61.2 Å². The fourth-order valence-electron chi connectivity index (χ4n) is 3.45. The first-order valence-corrected chi connectivity index (χ1v) is 9.26. The second kappa shape index (κ2) is 7.47. The molecule has 0 unspecified atom stereocenters. The van der Waals surface area contributed by atoms with E-state index in [2.05, 4.69) is 39.9 Å². The first-order chi connectivity index (χ1) is 12.8. The molecule has 1 aromatic carbocycles. The van der Waals surface area contributed by atoms with Crippen molar-refractivity contribution in [2.45, 2.75) is 54.5 Å². The molecule has 0 atom stereocenters. The number of benzene rings is 1. The third-order valence-corrected chi connectivity index (χ3v) is 5.61. The minimum atomic E-state index is -0.236. The topological polar surface area (TPSA) is 55.4 Å². The fourth-order valence-corrected chi connectivity index (χ4v) is 3.45. The molecule has 4 nitrogen and oxygen atoms in total. The van der Waals surface area contributed by atoms with Gasteiger partial charge in [-0.1, -0.05) is 0 Å². The van der Waals surface area contributed by atoms with Crippen molar-refractivity contribution in [1.82, 2.24) is 5.32 Å². The minimum Gasteiger partial charge on any atom is -0.465 e. The normalized spacial score (nSPS) is 11.0. The SMILES string of the molecule is Cc1ccc(CNC(=O)c2ccc(Cc3c(C)c(C)c(C)c(C)c3C)o2)o1. The molecule has 3 rings (SSSR count). The second-order valence-electron chi connectivity index (χ2n) is 7.24. The summed E-state index contributed by atoms with van der Waals surface area (Å²) in [6, 6.07) is 7.35. The largest absolute Gasteiger partial charge is 0.465 e. The summed E-state index contributed by atoms with van der Waals surface area (Å²) in [6.45, 7) is 13.0. The first-order valence-electron chi connectivity index (χ1n) is 9.26. The molecule has 0 radical (unpaired) electrons. The summed E-state index contributed by atoms with van der Waals surface area (Å²) in [5, 5.41) is 2.83. The van der Waals surface area contributed by atoms with Crippen LogP contribution in [-0.4, -0.2) is 5.91 Å². The standard InChI is InChI=1S/C23H27NO3/c1-13-7-8-20(26-13)12-24-23(25)22-10-9-19(27-22)11-21-17(5)15(3)14(2)16(4)18(21)6/h7-10H,11-12H2,1-6H3,(H,24,25). The average molecular weight is 365 g/mol. The molecule has 0 aliphatic carbocycles. The van der Waals surface area contributed by atoms with Gasteiger partial charge in [0.25, 0.3) is 5.91 Å². The van der Waals surface area contributed by atoms with Crippen LogP contribution in [0.3, 0.4) is 0 Å². The van der Waals surface area contributed by atoms with Crippen molar-refractivity contribution >= 4 is 5.91 Å². The van der Waals surface area contributed by atoms with Gasteiger partial charge in [-0.05, 0) is 99.2 Å². The van der Waals surface area contributed by atoms with Gasteiger partial charge in [-0.2, -0.15) is 0 Å². The van der Waals surface area contributed by atoms with Crippen LogP contribution >= 0.6 is 0 Å². The molecule has 2 heterocycles. The van der Waals surface area contributed by atoms with Gasteiger partial charge in [0.15, 0.2) is 5.76 Å². The van der Waals surface area contributed by atoms with Crippen molar-refractivity contribution in [3.8, 4) is 0 Å². The molecule has 0 saturated heterocycles. The summed E-state index contributed by atoms with van der Waals surface area (Å²) in [7, 11) is 0. The van der Waals surface area contributed by atoms with Gasteiger partial charge in [-0.15, -0.1) is 0 Å². The van der Waals surface area contributed by atoms with E-state index in [1.165, 1.54) is 33.4 Å². The third-order valence-electron chi connectivity index (χ3n) is 5.61. The predicted octanol–water partition coefficient (Wildman–Crippen LogP) is 5.24. The average Bonchev–Trinajstić information content (AvgIpc) is 3.29. The molecule has 4 heteroatoms. The van der Waals surface area contributed by atoms with Crippen LogP contribution in [0.2, 0.25) is 0 Å². The van der Waals surface area contributed by atoms with Gasteiger partial charge < -0.3 is 14.2 Å². The highest BCUT2D eigenvalue weighted by Crippen LogP contribution is 2.28. The van der Waals surface area contributed by atoms with E-state index in [1.807, 2.05) is 25.1 Å². The maximum absolute atomic E-state index is 12.3. The summed E-state index contributed by atoms with van der Waals surface area (Å²) in [6.07, 6.45) is 0.685. The van der Waals surface area contributed by atoms with Gasteiger partial charge in [-0.3, -0.25) is 4.79 Å². The molecule has 27 heavy (non-hydrogen) atoms. The molecule has 0 bridgehead atoms. The quantitative estimate of drug-likeness (QED) is 0.672. The molecule has 1 amide bonds. The highest BCUT2D eigenvalue weighted by Gasteiger charge is 2.16. The zero-order valence-electron chi connectivity index (χ0n) is 16.9. The van der Waals surface area contributed by atoms with E-state index in [9.17, 15) is 4.79 Å². The van der Waals surface area contributed by atoms with E-state index < -0.39 is 0 Å². The lowest BCUT2D eigenvalue weighted by molar-refractivity contribution is 0.0918. The molecule has 0 aliphatic rings. The van der Waals surface area contributed by atoms with Gasteiger partial charge in [-0.25, -0.2) is 0 Å². The second-order valence-corrected chi connectivity index (χ2v) is 7.24. The van der Waals surface area contributed by atoms with Crippen molar-refractivity contribution < 1.29 is 13.6 Å². The van der Waals surface area contributed by atoms with Crippen LogP contribution in [0, 0.1) is 41.5 Å². The highest BCUT2D eigenvalue weighted by atomic mass is 16.4. The third kappa shape index (κ3) is 3.85. The Morgan fingerprint density at radius 2 is 1.37 bits per heavy atom. The zero-order chi connectivity index (χ0) is 19.7. The summed E-state index contributed by atoms with van der Waals surface area (Å²) in [4.78, 5) is 12.3. The zero-order valence-corrected chi connectivity index (χ0v) is 16.9. The Hall–Kier alpha value is -2.75. The smallest absolute Gasteiger partial charge is 0.287 e. The Balaban J connectivity index is 1.74. The number of rotatable bonds is 5. The Labute approximate surface area is 160 Å². The number of amides is 1. The Morgan fingerprint density at radius 3 is 1.96 bits per heavy atom. The van der Waals surface area contributed by atoms with Gasteiger partial charge in [0.2, 0.25) is 0 Å². The molecule has 142 valence electrons. The van der Waals surface area contributed by atoms with E-state index in [-0.39, 0.29) is 5.91 Å². The molecular weight excluding hydrogens is 338 g/mol. The highest BCUT2D eigenvalue weighted by molar-refractivity contribution is 5.91. The Bertz CT molecular complexity index is 962. The summed E-state index contributed by atoms with van der Waals surface area (Å²) in [5.41, 5.74) is 7.87. The number of carbonyl (C=O) groups excluding carboxylic acids is 1. The molecule has 0 spiro atoms. The number of carbonyl (C=O) groups is 1. The van der Waals surface area contributed by atoms with Crippen molar-refractivity contribution in [1.29, 1.82) is 0 Å². The van der Waals surface area contributed by atoms with Gasteiger partial charge in [0.1, 0.15) is 17.3 Å². The maximum Gasteiger partial charge on any atom is 0.287 e. The number of hydrogen-bond acceptors (Lipinski definition) is 3. The lowest BCUT2D eigenvalue weighted by atomic mass is 9.88. The number of furan rings is 2. The van der Waals surface area contributed by atoms with E-state index >= 15 is 0 Å². The molecular formula is C23H27NO3. The molecule has 0 aliphatic heterocycles. The van der Waals surface area contributed by atoms with E-state index in [4.69, 9.17) is 8.83 Å². The van der Waals surface area contributed by atoms with Crippen LogP contribution in [0.25, 0.3) is 0 Å². The van der Waals surface area contributed by atoms with Crippen molar-refractivity contribution in [3.05, 3.63) is 80.7 Å². The monoisotopic (exact) mass is 365 g/mol. The lowest BCUT2D eigenvalue weighted by Crippen LogP contribution is -2.21. The van der Waals surface area contributed by atoms with Gasteiger partial charge >= 0.3 is 0 Å². The lowest BCUT2D eigenvalue weighted by Gasteiger charge is -2.18. The first kappa shape index (κ1) is 19.0. The predicted molar refractivity (Wildman–Crippen MR) is 106 cm³/mol. The van der Waals surface area contributed by atoms with Crippen molar-refractivity contribution in [2.75, 3.05) is 0 Å². The number of nitrogens with one attached hydrogen (secondary N) is 1. The van der Waals surface area contributed by atoms with Crippen molar-refractivity contribution in [3.63, 3.8) is 0 Å². The van der Waals surface area contributed by atoms with Gasteiger partial charge in [0, 0.05) is 6.42 Å². The molecule has 2 aromatic heterocycles. The maximum atomic E-state index is 12.3. The van der Waals surface area contributed by atoms with Gasteiger partial charge in [0.05, 0.1) is 6.54 Å². The van der Waals surface area contributed by atoms with E-state index in [1.54, 1.807) is 6.07 Å². The van der Waals surface area contributed by atoms with Crippen LogP contribution in [0.4, 0.5) is 0 Å². The van der Waals surface area contributed by atoms with Crippen LogP contribution in [0.15, 0.2) is 33.1 Å². The van der Waals surface area contributed by atoms with Crippen LogP contribution in [0.5, 0.6) is 0 Å². The molecule has 0 saturated carbocycles. The van der Waals surface area contributed by atoms with Crippen molar-refractivity contribution in [2.24, 2.45) is 0 Å². The van der Waals surface area contributed by atoms with Crippen LogP contribution < -0.4 is 5.32 Å². The summed E-state index contributed by atoms with van der Waals surface area (Å²) < 4.78 is 11.3. The minimum absolute atomic E-state index is 0.236. The molecule has 3 aromatic rings. The summed E-state index contributed by atoms with van der Waals surface area (Å²) in [5.74, 6) is 2.44. The molecule has 1 N–H and O–H groups in total. The fraction of sp³-hybridized carbons (Fsp3) is 0.348. The summed E-state index contributed by atoms with van der Waals surface area (Å²) >= 11 is 0. The van der Waals surface area contributed by atoms with E-state index in [0.717, 1.165) is 17.3 Å². The Morgan fingerprint density at radius 1 is 0.778 bits per heavy atom. The van der Waals surface area contributed by atoms with Crippen LogP contribution in [-0.2, 0) is 13.0 Å².